The number of hydrogen-bond acceptors (Lipinski definition) is 4. The average molecular weight is 237 g/mol. The highest BCUT2D eigenvalue weighted by molar-refractivity contribution is 7.09. The molecular formula is C12H19N3S. The molecule has 0 aliphatic heterocycles. The highest BCUT2D eigenvalue weighted by Crippen LogP contribution is 2.25. The molecule has 0 aliphatic carbocycles. The monoisotopic (exact) mass is 237 g/mol. The van der Waals surface area contributed by atoms with E-state index in [0.717, 1.165) is 30.8 Å². The zero-order chi connectivity index (χ0) is 11.9. The van der Waals surface area contributed by atoms with Crippen LogP contribution in [0.3, 0.4) is 0 Å². The molecule has 1 atom stereocenters. The van der Waals surface area contributed by atoms with E-state index in [0.29, 0.717) is 6.42 Å². The van der Waals surface area contributed by atoms with Crippen molar-refractivity contribution in [1.82, 2.24) is 10.3 Å². The van der Waals surface area contributed by atoms with Crippen LogP contribution in [0.15, 0.2) is 11.6 Å². The van der Waals surface area contributed by atoms with Gasteiger partial charge in [0, 0.05) is 18.0 Å². The number of unbranched alkanes of at least 4 members (excludes halogenated alkanes) is 2. The lowest BCUT2D eigenvalue weighted by atomic mass is 9.99. The maximum atomic E-state index is 8.44. The van der Waals surface area contributed by atoms with Gasteiger partial charge in [-0.2, -0.15) is 5.26 Å². The Bertz CT molecular complexity index is 329. The molecular weight excluding hydrogens is 218 g/mol. The van der Waals surface area contributed by atoms with Gasteiger partial charge in [-0.15, -0.1) is 11.3 Å². The van der Waals surface area contributed by atoms with Crippen molar-refractivity contribution in [2.75, 3.05) is 6.54 Å². The SMILES string of the molecule is CC[C@@](C)(NCCCCC#N)c1nccs1. The summed E-state index contributed by atoms with van der Waals surface area (Å²) in [5.74, 6) is 0. The lowest BCUT2D eigenvalue weighted by Crippen LogP contribution is -2.39. The second-order valence-electron chi connectivity index (χ2n) is 4.06. The van der Waals surface area contributed by atoms with Gasteiger partial charge in [0.25, 0.3) is 0 Å². The fourth-order valence-corrected chi connectivity index (χ4v) is 2.39. The molecule has 88 valence electrons. The van der Waals surface area contributed by atoms with E-state index in [1.54, 1.807) is 11.3 Å². The largest absolute Gasteiger partial charge is 0.306 e. The predicted octanol–water partition coefficient (Wildman–Crippen LogP) is 3.05. The van der Waals surface area contributed by atoms with Crippen molar-refractivity contribution in [3.05, 3.63) is 16.6 Å². The number of hydrogen-bond donors (Lipinski definition) is 1. The summed E-state index contributed by atoms with van der Waals surface area (Å²) in [5.41, 5.74) is -0.0131. The zero-order valence-corrected chi connectivity index (χ0v) is 10.8. The molecule has 0 spiro atoms. The normalized spacial score (nSPS) is 14.3. The van der Waals surface area contributed by atoms with E-state index in [1.165, 1.54) is 0 Å². The van der Waals surface area contributed by atoms with E-state index in [2.05, 4.69) is 30.2 Å². The Morgan fingerprint density at radius 3 is 2.94 bits per heavy atom. The Balaban J connectivity index is 2.40. The molecule has 0 radical (unpaired) electrons. The summed E-state index contributed by atoms with van der Waals surface area (Å²) < 4.78 is 0. The van der Waals surface area contributed by atoms with Crippen molar-refractivity contribution in [1.29, 1.82) is 5.26 Å². The third-order valence-electron chi connectivity index (χ3n) is 2.84. The van der Waals surface area contributed by atoms with Gasteiger partial charge >= 0.3 is 0 Å². The van der Waals surface area contributed by atoms with E-state index in [1.807, 2.05) is 11.6 Å². The summed E-state index contributed by atoms with van der Waals surface area (Å²) in [6.07, 6.45) is 5.56. The summed E-state index contributed by atoms with van der Waals surface area (Å²) >= 11 is 1.70. The maximum Gasteiger partial charge on any atom is 0.112 e. The molecule has 1 aromatic heterocycles. The van der Waals surface area contributed by atoms with Gasteiger partial charge in [-0.3, -0.25) is 0 Å². The molecule has 0 amide bonds. The highest BCUT2D eigenvalue weighted by Gasteiger charge is 2.25. The van der Waals surface area contributed by atoms with E-state index >= 15 is 0 Å². The Kier molecular flexibility index (Phi) is 5.44. The van der Waals surface area contributed by atoms with Crippen molar-refractivity contribution in [3.63, 3.8) is 0 Å². The fourth-order valence-electron chi connectivity index (χ4n) is 1.54. The smallest absolute Gasteiger partial charge is 0.112 e. The van der Waals surface area contributed by atoms with Gasteiger partial charge in [-0.25, -0.2) is 4.98 Å². The van der Waals surface area contributed by atoms with Crippen LogP contribution in [0.25, 0.3) is 0 Å². The second kappa shape index (κ2) is 6.62. The molecule has 0 unspecified atom stereocenters. The van der Waals surface area contributed by atoms with Crippen LogP contribution in [0.4, 0.5) is 0 Å². The third-order valence-corrected chi connectivity index (χ3v) is 3.88. The topological polar surface area (TPSA) is 48.7 Å². The molecule has 0 saturated carbocycles. The number of nitrogens with zero attached hydrogens (tertiary/aromatic N) is 2. The number of rotatable bonds is 7. The molecule has 1 heterocycles. The van der Waals surface area contributed by atoms with Crippen molar-refractivity contribution < 1.29 is 0 Å². The first-order valence-electron chi connectivity index (χ1n) is 5.75. The molecule has 4 heteroatoms. The Morgan fingerprint density at radius 2 is 2.38 bits per heavy atom. The summed E-state index contributed by atoms with van der Waals surface area (Å²) in [5, 5.41) is 15.2. The van der Waals surface area contributed by atoms with Crippen LogP contribution in [-0.2, 0) is 5.54 Å². The standard InChI is InChI=1S/C12H19N3S/c1-3-12(2,11-14-9-10-16-11)15-8-6-4-5-7-13/h9-10,15H,3-6,8H2,1-2H3/t12-/m1/s1. The van der Waals surface area contributed by atoms with Crippen LogP contribution < -0.4 is 5.32 Å². The van der Waals surface area contributed by atoms with Crippen LogP contribution in [0, 0.1) is 11.3 Å². The van der Waals surface area contributed by atoms with Gasteiger partial charge in [-0.05, 0) is 32.7 Å². The van der Waals surface area contributed by atoms with Crippen molar-refractivity contribution in [2.45, 2.75) is 45.1 Å². The van der Waals surface area contributed by atoms with Crippen LogP contribution in [0.1, 0.15) is 44.5 Å². The van der Waals surface area contributed by atoms with Crippen LogP contribution in [0.2, 0.25) is 0 Å². The summed E-state index contributed by atoms with van der Waals surface area (Å²) in [6.45, 7) is 5.31. The highest BCUT2D eigenvalue weighted by atomic mass is 32.1. The van der Waals surface area contributed by atoms with Crippen molar-refractivity contribution in [3.8, 4) is 6.07 Å². The molecule has 16 heavy (non-hydrogen) atoms. The third kappa shape index (κ3) is 3.58. The lowest BCUT2D eigenvalue weighted by molar-refractivity contribution is 0.349. The van der Waals surface area contributed by atoms with Crippen molar-refractivity contribution >= 4 is 11.3 Å². The van der Waals surface area contributed by atoms with Gasteiger partial charge in [0.1, 0.15) is 5.01 Å². The molecule has 1 N–H and O–H groups in total. The lowest BCUT2D eigenvalue weighted by Gasteiger charge is -2.27. The molecule has 0 saturated heterocycles. The first kappa shape index (κ1) is 13.1. The quantitative estimate of drug-likeness (QED) is 0.741. The van der Waals surface area contributed by atoms with Gasteiger partial charge < -0.3 is 5.32 Å². The summed E-state index contributed by atoms with van der Waals surface area (Å²) in [4.78, 5) is 4.38. The van der Waals surface area contributed by atoms with E-state index in [-0.39, 0.29) is 5.54 Å². The molecule has 0 bridgehead atoms. The molecule has 0 fully saturated rings. The molecule has 0 aliphatic rings. The van der Waals surface area contributed by atoms with Gasteiger partial charge in [0.2, 0.25) is 0 Å². The number of nitrogens with one attached hydrogen (secondary N) is 1. The van der Waals surface area contributed by atoms with Crippen LogP contribution >= 0.6 is 11.3 Å². The van der Waals surface area contributed by atoms with Gasteiger partial charge in [0.15, 0.2) is 0 Å². The van der Waals surface area contributed by atoms with Crippen LogP contribution in [-0.4, -0.2) is 11.5 Å². The first-order chi connectivity index (χ1) is 7.73. The predicted molar refractivity (Wildman–Crippen MR) is 67.2 cm³/mol. The molecule has 3 nitrogen and oxygen atoms in total. The number of nitriles is 1. The molecule has 1 rings (SSSR count). The maximum absolute atomic E-state index is 8.44. The first-order valence-corrected chi connectivity index (χ1v) is 6.63. The van der Waals surface area contributed by atoms with E-state index < -0.39 is 0 Å². The average Bonchev–Trinajstić information content (AvgIpc) is 2.82. The molecule has 1 aromatic rings. The van der Waals surface area contributed by atoms with E-state index in [9.17, 15) is 0 Å². The van der Waals surface area contributed by atoms with Crippen LogP contribution in [0.5, 0.6) is 0 Å². The summed E-state index contributed by atoms with van der Waals surface area (Å²) in [7, 11) is 0. The van der Waals surface area contributed by atoms with Gasteiger partial charge in [0.05, 0.1) is 11.6 Å². The number of aromatic nitrogens is 1. The minimum absolute atomic E-state index is 0.0131. The molecule has 0 aromatic carbocycles. The minimum Gasteiger partial charge on any atom is -0.306 e. The zero-order valence-electron chi connectivity index (χ0n) is 9.99. The van der Waals surface area contributed by atoms with Gasteiger partial charge in [-0.1, -0.05) is 6.92 Å². The van der Waals surface area contributed by atoms with Crippen molar-refractivity contribution in [2.24, 2.45) is 0 Å². The Labute approximate surface area is 102 Å². The summed E-state index contributed by atoms with van der Waals surface area (Å²) in [6, 6.07) is 2.17. The Hall–Kier alpha value is -0.920. The Morgan fingerprint density at radius 1 is 1.56 bits per heavy atom. The minimum atomic E-state index is -0.0131. The van der Waals surface area contributed by atoms with E-state index in [4.69, 9.17) is 5.26 Å². The number of thiazole rings is 1. The fraction of sp³-hybridized carbons (Fsp3) is 0.667. The second-order valence-corrected chi connectivity index (χ2v) is 4.96.